The summed E-state index contributed by atoms with van der Waals surface area (Å²) in [5, 5.41) is 3.21. The highest BCUT2D eigenvalue weighted by Crippen LogP contribution is 2.17. The molecule has 1 unspecified atom stereocenters. The molecule has 2 aliphatic rings. The Bertz CT molecular complexity index is 235. The molecule has 0 spiro atoms. The van der Waals surface area contributed by atoms with Crippen molar-refractivity contribution in [2.45, 2.75) is 44.8 Å². The largest absolute Gasteiger partial charge is 0.378 e. The van der Waals surface area contributed by atoms with E-state index >= 15 is 0 Å². The van der Waals surface area contributed by atoms with Gasteiger partial charge in [-0.1, -0.05) is 0 Å². The number of hydrogen-bond donors (Lipinski definition) is 1. The molecule has 2 rings (SSSR count). The normalized spacial score (nSPS) is 26.2. The van der Waals surface area contributed by atoms with Gasteiger partial charge in [0, 0.05) is 26.2 Å². The zero-order valence-corrected chi connectivity index (χ0v) is 10.1. The first-order valence-electron chi connectivity index (χ1n) is 6.43. The number of hydrogen-bond acceptors (Lipinski definition) is 3. The minimum atomic E-state index is 0.170. The van der Waals surface area contributed by atoms with Crippen molar-refractivity contribution in [1.82, 2.24) is 10.2 Å². The second-order valence-electron chi connectivity index (χ2n) is 4.68. The Balaban J connectivity index is 1.80. The monoisotopic (exact) mass is 226 g/mol. The Morgan fingerprint density at radius 3 is 2.75 bits per heavy atom. The van der Waals surface area contributed by atoms with Crippen LogP contribution in [-0.4, -0.2) is 49.2 Å². The fraction of sp³-hybridized carbons (Fsp3) is 0.917. The van der Waals surface area contributed by atoms with Crippen molar-refractivity contribution in [2.24, 2.45) is 0 Å². The van der Waals surface area contributed by atoms with E-state index in [1.54, 1.807) is 0 Å². The molecule has 4 heteroatoms. The van der Waals surface area contributed by atoms with Gasteiger partial charge in [0.15, 0.2) is 0 Å². The maximum Gasteiger partial charge on any atom is 0.225 e. The van der Waals surface area contributed by atoms with Crippen LogP contribution in [-0.2, 0) is 9.53 Å². The van der Waals surface area contributed by atoms with Crippen LogP contribution in [0.5, 0.6) is 0 Å². The Hall–Kier alpha value is -0.610. The highest BCUT2D eigenvalue weighted by Gasteiger charge is 2.29. The molecule has 1 atom stereocenters. The fourth-order valence-electron chi connectivity index (χ4n) is 2.41. The van der Waals surface area contributed by atoms with E-state index in [9.17, 15) is 4.79 Å². The molecule has 0 radical (unpaired) electrons. The van der Waals surface area contributed by atoms with Gasteiger partial charge in [-0.15, -0.1) is 0 Å². The van der Waals surface area contributed by atoms with E-state index in [2.05, 4.69) is 12.2 Å². The summed E-state index contributed by atoms with van der Waals surface area (Å²) in [6.45, 7) is 5.60. The standard InChI is InChI=1S/C12H22N2O2/c1-2-14(10-8-13-9-10)12(15)7-11-5-3-4-6-16-11/h10-11,13H,2-9H2,1H3. The fourth-order valence-corrected chi connectivity index (χ4v) is 2.41. The highest BCUT2D eigenvalue weighted by atomic mass is 16.5. The van der Waals surface area contributed by atoms with Crippen LogP contribution in [0.2, 0.25) is 0 Å². The third-order valence-electron chi connectivity index (χ3n) is 3.54. The van der Waals surface area contributed by atoms with Crippen molar-refractivity contribution in [3.8, 4) is 0 Å². The van der Waals surface area contributed by atoms with Gasteiger partial charge in [0.1, 0.15) is 0 Å². The zero-order valence-electron chi connectivity index (χ0n) is 10.1. The number of rotatable bonds is 4. The minimum absolute atomic E-state index is 0.170. The first-order valence-corrected chi connectivity index (χ1v) is 6.43. The quantitative estimate of drug-likeness (QED) is 0.769. The average Bonchev–Trinajstić information content (AvgIpc) is 2.24. The Morgan fingerprint density at radius 1 is 1.44 bits per heavy atom. The summed E-state index contributed by atoms with van der Waals surface area (Å²) < 4.78 is 5.61. The van der Waals surface area contributed by atoms with Gasteiger partial charge in [0.25, 0.3) is 0 Å². The number of amides is 1. The third-order valence-corrected chi connectivity index (χ3v) is 3.54. The van der Waals surface area contributed by atoms with Crippen LogP contribution in [0.15, 0.2) is 0 Å². The molecule has 0 aromatic heterocycles. The lowest BCUT2D eigenvalue weighted by Gasteiger charge is -2.38. The third kappa shape index (κ3) is 2.74. The van der Waals surface area contributed by atoms with Crippen molar-refractivity contribution >= 4 is 5.91 Å². The van der Waals surface area contributed by atoms with E-state index in [1.165, 1.54) is 6.42 Å². The van der Waals surface area contributed by atoms with E-state index in [1.807, 2.05) is 4.90 Å². The zero-order chi connectivity index (χ0) is 11.4. The smallest absolute Gasteiger partial charge is 0.225 e. The summed E-state index contributed by atoms with van der Waals surface area (Å²) in [6, 6.07) is 0.418. The van der Waals surface area contributed by atoms with Gasteiger partial charge in [-0.05, 0) is 26.2 Å². The summed E-state index contributed by atoms with van der Waals surface area (Å²) in [6.07, 6.45) is 4.14. The lowest BCUT2D eigenvalue weighted by Crippen LogP contribution is -2.59. The van der Waals surface area contributed by atoms with Crippen LogP contribution in [0.4, 0.5) is 0 Å². The minimum Gasteiger partial charge on any atom is -0.378 e. The first kappa shape index (κ1) is 11.9. The molecule has 1 amide bonds. The number of carbonyl (C=O) groups excluding carboxylic acids is 1. The van der Waals surface area contributed by atoms with Gasteiger partial charge >= 0.3 is 0 Å². The van der Waals surface area contributed by atoms with Gasteiger partial charge in [0.05, 0.1) is 18.6 Å². The van der Waals surface area contributed by atoms with Gasteiger partial charge in [0.2, 0.25) is 5.91 Å². The maximum atomic E-state index is 12.1. The summed E-state index contributed by atoms with van der Waals surface area (Å²) in [5.41, 5.74) is 0. The predicted octanol–water partition coefficient (Wildman–Crippen LogP) is 0.766. The second-order valence-corrected chi connectivity index (χ2v) is 4.68. The molecule has 2 fully saturated rings. The van der Waals surface area contributed by atoms with Crippen LogP contribution in [0.25, 0.3) is 0 Å². The van der Waals surface area contributed by atoms with Crippen LogP contribution >= 0.6 is 0 Å². The van der Waals surface area contributed by atoms with Crippen molar-refractivity contribution in [3.63, 3.8) is 0 Å². The van der Waals surface area contributed by atoms with E-state index in [4.69, 9.17) is 4.74 Å². The summed E-state index contributed by atoms with van der Waals surface area (Å²) in [4.78, 5) is 14.1. The van der Waals surface area contributed by atoms with Crippen molar-refractivity contribution < 1.29 is 9.53 Å². The van der Waals surface area contributed by atoms with Crippen LogP contribution in [0.3, 0.4) is 0 Å². The molecule has 0 bridgehead atoms. The van der Waals surface area contributed by atoms with Crippen molar-refractivity contribution in [2.75, 3.05) is 26.2 Å². The molecule has 2 aliphatic heterocycles. The number of carbonyl (C=O) groups is 1. The Labute approximate surface area is 97.3 Å². The molecular formula is C12H22N2O2. The summed E-state index contributed by atoms with van der Waals surface area (Å²) in [7, 11) is 0. The lowest BCUT2D eigenvalue weighted by atomic mass is 10.0. The molecule has 0 aromatic rings. The first-order chi connectivity index (χ1) is 7.81. The van der Waals surface area contributed by atoms with Gasteiger partial charge < -0.3 is 15.0 Å². The Kier molecular flexibility index (Phi) is 4.18. The molecule has 2 saturated heterocycles. The van der Waals surface area contributed by atoms with Gasteiger partial charge in [-0.25, -0.2) is 0 Å². The number of nitrogens with zero attached hydrogens (tertiary/aromatic N) is 1. The van der Waals surface area contributed by atoms with Crippen molar-refractivity contribution in [1.29, 1.82) is 0 Å². The molecule has 1 N–H and O–H groups in total. The number of likely N-dealkylation sites (N-methyl/N-ethyl adjacent to an activating group) is 1. The SMILES string of the molecule is CCN(C(=O)CC1CCCCO1)C1CNC1. The average molecular weight is 226 g/mol. The van der Waals surface area contributed by atoms with E-state index in [-0.39, 0.29) is 12.0 Å². The molecule has 16 heavy (non-hydrogen) atoms. The molecule has 0 aromatic carbocycles. The summed E-state index contributed by atoms with van der Waals surface area (Å²) in [5.74, 6) is 0.265. The van der Waals surface area contributed by atoms with Crippen LogP contribution < -0.4 is 5.32 Å². The molecule has 4 nitrogen and oxygen atoms in total. The molecule has 0 saturated carbocycles. The van der Waals surface area contributed by atoms with Gasteiger partial charge in [-0.3, -0.25) is 4.79 Å². The second kappa shape index (κ2) is 5.64. The molecular weight excluding hydrogens is 204 g/mol. The maximum absolute atomic E-state index is 12.1. The predicted molar refractivity (Wildman–Crippen MR) is 62.3 cm³/mol. The topological polar surface area (TPSA) is 41.6 Å². The Morgan fingerprint density at radius 2 is 2.25 bits per heavy atom. The van der Waals surface area contributed by atoms with Crippen LogP contribution in [0, 0.1) is 0 Å². The van der Waals surface area contributed by atoms with Crippen LogP contribution in [0.1, 0.15) is 32.6 Å². The number of nitrogens with one attached hydrogen (secondary N) is 1. The van der Waals surface area contributed by atoms with E-state index in [0.717, 1.165) is 39.1 Å². The van der Waals surface area contributed by atoms with Gasteiger partial charge in [-0.2, -0.15) is 0 Å². The lowest BCUT2D eigenvalue weighted by molar-refractivity contribution is -0.138. The number of ether oxygens (including phenoxy) is 1. The molecule has 2 heterocycles. The summed E-state index contributed by atoms with van der Waals surface area (Å²) >= 11 is 0. The molecule has 0 aliphatic carbocycles. The molecule has 92 valence electrons. The van der Waals surface area contributed by atoms with E-state index in [0.29, 0.717) is 12.5 Å². The van der Waals surface area contributed by atoms with E-state index < -0.39 is 0 Å². The highest BCUT2D eigenvalue weighted by molar-refractivity contribution is 5.77. The van der Waals surface area contributed by atoms with Crippen molar-refractivity contribution in [3.05, 3.63) is 0 Å².